The van der Waals surface area contributed by atoms with Crippen molar-refractivity contribution in [2.45, 2.75) is 51.7 Å². The highest BCUT2D eigenvalue weighted by atomic mass is 16.3. The molecule has 0 radical (unpaired) electrons. The third-order valence-electron chi connectivity index (χ3n) is 4.77. The number of aryl methyl sites for hydroxylation is 1. The molecule has 3 aromatic heterocycles. The van der Waals surface area contributed by atoms with Crippen LogP contribution in [0.4, 0.5) is 5.82 Å². The van der Waals surface area contributed by atoms with Crippen molar-refractivity contribution < 1.29 is 5.11 Å². The minimum Gasteiger partial charge on any atom is -0.388 e. The van der Waals surface area contributed by atoms with Crippen LogP contribution >= 0.6 is 0 Å². The lowest BCUT2D eigenvalue weighted by Crippen LogP contribution is -2.31. The molecule has 11 nitrogen and oxygen atoms in total. The summed E-state index contributed by atoms with van der Waals surface area (Å²) in [5.74, 6) is 2.07. The Bertz CT molecular complexity index is 983. The number of aliphatic hydroxyl groups is 1. The number of β-amino-alcohol motifs (C(OH)–C–C–N with tert-alkyl or cyclic N) is 1. The van der Waals surface area contributed by atoms with Gasteiger partial charge in [-0.3, -0.25) is 0 Å². The van der Waals surface area contributed by atoms with Crippen LogP contribution in [-0.4, -0.2) is 69.0 Å². The molecule has 0 saturated carbocycles. The fourth-order valence-corrected chi connectivity index (χ4v) is 3.15. The van der Waals surface area contributed by atoms with Crippen LogP contribution in [0.15, 0.2) is 0 Å². The predicted molar refractivity (Wildman–Crippen MR) is 97.2 cm³/mol. The molecule has 0 aromatic carbocycles. The van der Waals surface area contributed by atoms with E-state index in [0.717, 1.165) is 0 Å². The van der Waals surface area contributed by atoms with Gasteiger partial charge in [0.15, 0.2) is 22.8 Å². The smallest absolute Gasteiger partial charge is 0.184 e. The first kappa shape index (κ1) is 17.7. The van der Waals surface area contributed by atoms with Gasteiger partial charge in [0.25, 0.3) is 0 Å². The number of hydrogen-bond donors (Lipinski definition) is 1. The largest absolute Gasteiger partial charge is 0.388 e. The quantitative estimate of drug-likeness (QED) is 0.679. The molecule has 1 atom stereocenters. The van der Waals surface area contributed by atoms with Crippen molar-refractivity contribution in [3.63, 3.8) is 0 Å². The van der Waals surface area contributed by atoms with E-state index in [1.54, 1.807) is 16.4 Å². The van der Waals surface area contributed by atoms with Crippen LogP contribution in [0, 0.1) is 0 Å². The van der Waals surface area contributed by atoms with Gasteiger partial charge in [0.2, 0.25) is 0 Å². The molecule has 1 unspecified atom stereocenters. The van der Waals surface area contributed by atoms with E-state index in [9.17, 15) is 5.11 Å². The van der Waals surface area contributed by atoms with Gasteiger partial charge < -0.3 is 10.0 Å². The lowest BCUT2D eigenvalue weighted by Gasteiger charge is -2.23. The maximum absolute atomic E-state index is 10.4. The zero-order valence-electron chi connectivity index (χ0n) is 16.2. The summed E-state index contributed by atoms with van der Waals surface area (Å²) in [6, 6.07) is 0. The molecule has 3 aromatic rings. The highest BCUT2D eigenvalue weighted by Crippen LogP contribution is 2.31. The Morgan fingerprint density at radius 3 is 2.52 bits per heavy atom. The molecule has 11 heteroatoms. The minimum atomic E-state index is -0.737. The standard InChI is InChI=1S/C16H24N10O/c1-15(2,3)14-17-12(25-7-6-16(4,27)9-25)11-13(18-14)26(22-20-11)8-10-19-21-23-24(10)5/h27H,6-9H2,1-5H3. The van der Waals surface area contributed by atoms with Gasteiger partial charge in [0.1, 0.15) is 12.4 Å². The Morgan fingerprint density at radius 2 is 1.93 bits per heavy atom. The minimum absolute atomic E-state index is 0.243. The number of anilines is 1. The molecule has 0 bridgehead atoms. The van der Waals surface area contributed by atoms with E-state index in [1.165, 1.54) is 0 Å². The Balaban J connectivity index is 1.84. The first-order chi connectivity index (χ1) is 12.6. The molecule has 1 aliphatic heterocycles. The van der Waals surface area contributed by atoms with E-state index in [0.29, 0.717) is 54.7 Å². The van der Waals surface area contributed by atoms with Crippen LogP contribution in [0.3, 0.4) is 0 Å². The molecular formula is C16H24N10O. The van der Waals surface area contributed by atoms with E-state index in [2.05, 4.69) is 51.5 Å². The number of hydrogen-bond acceptors (Lipinski definition) is 9. The SMILES string of the molecule is Cn1nnnc1Cn1nnc2c(N3CCC(C)(O)C3)nc(C(C)(C)C)nc21. The average molecular weight is 372 g/mol. The van der Waals surface area contributed by atoms with E-state index in [4.69, 9.17) is 9.97 Å². The molecule has 0 aliphatic carbocycles. The lowest BCUT2D eigenvalue weighted by molar-refractivity contribution is 0.0839. The van der Waals surface area contributed by atoms with Crippen molar-refractivity contribution >= 4 is 17.0 Å². The second-order valence-electron chi connectivity index (χ2n) is 8.43. The monoisotopic (exact) mass is 372 g/mol. The van der Waals surface area contributed by atoms with Gasteiger partial charge in [-0.2, -0.15) is 0 Å². The normalized spacial score (nSPS) is 20.7. The Morgan fingerprint density at radius 1 is 1.15 bits per heavy atom. The van der Waals surface area contributed by atoms with Crippen LogP contribution in [0.25, 0.3) is 11.2 Å². The van der Waals surface area contributed by atoms with Crippen LogP contribution in [-0.2, 0) is 19.0 Å². The maximum atomic E-state index is 10.4. The number of tetrazole rings is 1. The van der Waals surface area contributed by atoms with Gasteiger partial charge >= 0.3 is 0 Å². The van der Waals surface area contributed by atoms with E-state index in [1.807, 2.05) is 6.92 Å². The lowest BCUT2D eigenvalue weighted by atomic mass is 9.96. The zero-order valence-corrected chi connectivity index (χ0v) is 16.2. The van der Waals surface area contributed by atoms with Crippen molar-refractivity contribution in [2.24, 2.45) is 7.05 Å². The van der Waals surface area contributed by atoms with Gasteiger partial charge in [0, 0.05) is 25.6 Å². The topological polar surface area (TPSA) is 124 Å². The molecule has 4 heterocycles. The molecular weight excluding hydrogens is 348 g/mol. The number of rotatable bonds is 3. The number of nitrogens with zero attached hydrogens (tertiary/aromatic N) is 10. The second kappa shape index (κ2) is 5.91. The van der Waals surface area contributed by atoms with Gasteiger partial charge in [0.05, 0.1) is 5.60 Å². The fourth-order valence-electron chi connectivity index (χ4n) is 3.15. The summed E-state index contributed by atoms with van der Waals surface area (Å²) < 4.78 is 3.29. The van der Waals surface area contributed by atoms with Gasteiger partial charge in [-0.05, 0) is 23.8 Å². The molecule has 1 saturated heterocycles. The highest BCUT2D eigenvalue weighted by molar-refractivity contribution is 5.83. The maximum Gasteiger partial charge on any atom is 0.184 e. The van der Waals surface area contributed by atoms with Crippen molar-refractivity contribution in [3.8, 4) is 0 Å². The van der Waals surface area contributed by atoms with Crippen molar-refractivity contribution in [3.05, 3.63) is 11.6 Å². The fraction of sp³-hybridized carbons (Fsp3) is 0.688. The van der Waals surface area contributed by atoms with E-state index >= 15 is 0 Å². The third-order valence-corrected chi connectivity index (χ3v) is 4.77. The Hall–Kier alpha value is -2.69. The predicted octanol–water partition coefficient (Wildman–Crippen LogP) is 0.0517. The zero-order chi connectivity index (χ0) is 19.4. The van der Waals surface area contributed by atoms with Crippen LogP contribution in [0.5, 0.6) is 0 Å². The highest BCUT2D eigenvalue weighted by Gasteiger charge is 2.34. The van der Waals surface area contributed by atoms with Crippen LogP contribution in [0.2, 0.25) is 0 Å². The molecule has 0 spiro atoms. The summed E-state index contributed by atoms with van der Waals surface area (Å²) >= 11 is 0. The van der Waals surface area contributed by atoms with Gasteiger partial charge in [-0.1, -0.05) is 26.0 Å². The Labute approximate surface area is 156 Å². The Kier molecular flexibility index (Phi) is 3.88. The summed E-state index contributed by atoms with van der Waals surface area (Å²) in [6.45, 7) is 9.62. The summed E-state index contributed by atoms with van der Waals surface area (Å²) in [5, 5.41) is 30.5. The molecule has 27 heavy (non-hydrogen) atoms. The van der Waals surface area contributed by atoms with Crippen LogP contribution in [0.1, 0.15) is 45.8 Å². The molecule has 1 aliphatic rings. The van der Waals surface area contributed by atoms with E-state index in [-0.39, 0.29) is 5.41 Å². The first-order valence-corrected chi connectivity index (χ1v) is 8.94. The van der Waals surface area contributed by atoms with Gasteiger partial charge in [-0.15, -0.1) is 10.2 Å². The summed E-state index contributed by atoms with van der Waals surface area (Å²) in [7, 11) is 1.78. The summed E-state index contributed by atoms with van der Waals surface area (Å²) in [5.41, 5.74) is 0.279. The first-order valence-electron chi connectivity index (χ1n) is 8.94. The molecule has 0 amide bonds. The van der Waals surface area contributed by atoms with Crippen molar-refractivity contribution in [2.75, 3.05) is 18.0 Å². The van der Waals surface area contributed by atoms with Crippen LogP contribution < -0.4 is 4.90 Å². The summed E-state index contributed by atoms with van der Waals surface area (Å²) in [6.07, 6.45) is 0.683. The van der Waals surface area contributed by atoms with Crippen molar-refractivity contribution in [1.82, 2.24) is 45.2 Å². The molecule has 1 N–H and O–H groups in total. The number of fused-ring (bicyclic) bond motifs is 1. The molecule has 144 valence electrons. The summed E-state index contributed by atoms with van der Waals surface area (Å²) in [4.78, 5) is 11.6. The molecule has 4 rings (SSSR count). The van der Waals surface area contributed by atoms with Gasteiger partial charge in [-0.25, -0.2) is 19.3 Å². The second-order valence-corrected chi connectivity index (χ2v) is 8.43. The number of aromatic nitrogens is 9. The average Bonchev–Trinajstić information content (AvgIpc) is 3.26. The van der Waals surface area contributed by atoms with Crippen molar-refractivity contribution in [1.29, 1.82) is 0 Å². The third kappa shape index (κ3) is 3.22. The molecule has 1 fully saturated rings. The van der Waals surface area contributed by atoms with E-state index < -0.39 is 5.60 Å².